The number of amides is 2. The average Bonchev–Trinajstić information content (AvgIpc) is 3.60. The van der Waals surface area contributed by atoms with Crippen LogP contribution in [0, 0.1) is 6.92 Å². The summed E-state index contributed by atoms with van der Waals surface area (Å²) in [6.45, 7) is 4.34. The van der Waals surface area contributed by atoms with Crippen molar-refractivity contribution in [1.82, 2.24) is 24.5 Å². The van der Waals surface area contributed by atoms with Gasteiger partial charge in [-0.2, -0.15) is 10.2 Å². The molecule has 9 nitrogen and oxygen atoms in total. The van der Waals surface area contributed by atoms with Gasteiger partial charge in [0.2, 0.25) is 5.91 Å². The van der Waals surface area contributed by atoms with E-state index in [9.17, 15) is 9.59 Å². The van der Waals surface area contributed by atoms with Crippen LogP contribution in [0.25, 0.3) is 10.2 Å². The zero-order chi connectivity index (χ0) is 24.4. The average molecular weight is 486 g/mol. The first-order valence-corrected chi connectivity index (χ1v) is 11.9. The van der Waals surface area contributed by atoms with Gasteiger partial charge in [-0.05, 0) is 49.7 Å². The van der Waals surface area contributed by atoms with Crippen LogP contribution in [-0.2, 0) is 11.3 Å². The molecule has 0 saturated carbocycles. The predicted molar refractivity (Wildman–Crippen MR) is 136 cm³/mol. The van der Waals surface area contributed by atoms with Gasteiger partial charge in [-0.15, -0.1) is 11.3 Å². The maximum absolute atomic E-state index is 12.9. The summed E-state index contributed by atoms with van der Waals surface area (Å²) in [5, 5.41) is 15.4. The molecule has 0 saturated heterocycles. The highest BCUT2D eigenvalue weighted by molar-refractivity contribution is 7.20. The van der Waals surface area contributed by atoms with Crippen LogP contribution in [0.5, 0.6) is 0 Å². The lowest BCUT2D eigenvalue weighted by Gasteiger charge is -2.12. The van der Waals surface area contributed by atoms with Crippen molar-refractivity contribution in [3.63, 3.8) is 0 Å². The first-order chi connectivity index (χ1) is 17.0. The van der Waals surface area contributed by atoms with Gasteiger partial charge in [-0.3, -0.25) is 14.3 Å². The lowest BCUT2D eigenvalue weighted by atomic mass is 10.2. The highest BCUT2D eigenvalue weighted by Gasteiger charge is 2.18. The van der Waals surface area contributed by atoms with Crippen molar-refractivity contribution >= 4 is 44.7 Å². The lowest BCUT2D eigenvalue weighted by Crippen LogP contribution is -2.24. The summed E-state index contributed by atoms with van der Waals surface area (Å²) < 4.78 is 3.43. The summed E-state index contributed by atoms with van der Waals surface area (Å²) in [6.07, 6.45) is 2.88. The quantitative estimate of drug-likeness (QED) is 0.353. The highest BCUT2D eigenvalue weighted by atomic mass is 32.1. The van der Waals surface area contributed by atoms with Crippen LogP contribution < -0.4 is 10.6 Å². The van der Waals surface area contributed by atoms with Gasteiger partial charge in [-0.1, -0.05) is 30.3 Å². The van der Waals surface area contributed by atoms with Gasteiger partial charge in [0.25, 0.3) is 5.91 Å². The van der Waals surface area contributed by atoms with Gasteiger partial charge in [0, 0.05) is 16.8 Å². The number of hydrogen-bond acceptors (Lipinski definition) is 6. The Morgan fingerprint density at radius 3 is 2.43 bits per heavy atom. The summed E-state index contributed by atoms with van der Waals surface area (Å²) >= 11 is 1.42. The highest BCUT2D eigenvalue weighted by Crippen LogP contribution is 2.29. The zero-order valence-corrected chi connectivity index (χ0v) is 20.0. The molecule has 0 spiro atoms. The van der Waals surface area contributed by atoms with Gasteiger partial charge < -0.3 is 10.6 Å². The van der Waals surface area contributed by atoms with Gasteiger partial charge in [0.15, 0.2) is 0 Å². The van der Waals surface area contributed by atoms with E-state index in [-0.39, 0.29) is 11.8 Å². The van der Waals surface area contributed by atoms with Gasteiger partial charge in [-0.25, -0.2) is 9.67 Å². The van der Waals surface area contributed by atoms with E-state index in [1.807, 2.05) is 35.9 Å². The molecule has 0 radical (unpaired) electrons. The van der Waals surface area contributed by atoms with Crippen LogP contribution in [-0.4, -0.2) is 36.4 Å². The Balaban J connectivity index is 1.26. The van der Waals surface area contributed by atoms with E-state index in [1.54, 1.807) is 31.2 Å². The van der Waals surface area contributed by atoms with Crippen LogP contribution in [0.3, 0.4) is 0 Å². The molecule has 35 heavy (non-hydrogen) atoms. The molecule has 10 heteroatoms. The number of nitrogens with one attached hydrogen (secondary N) is 2. The number of carbonyl (C=O) groups excluding carboxylic acids is 2. The number of aryl methyl sites for hydroxylation is 1. The Bertz CT molecular complexity index is 1470. The molecular weight excluding hydrogens is 462 g/mol. The largest absolute Gasteiger partial charge is 0.324 e. The Hall–Kier alpha value is -4.31. The normalized spacial score (nSPS) is 11.9. The smallest absolute Gasteiger partial charge is 0.265 e. The second kappa shape index (κ2) is 9.51. The number of nitrogens with zero attached hydrogens (tertiary/aromatic N) is 5. The van der Waals surface area contributed by atoms with Crippen molar-refractivity contribution in [1.29, 1.82) is 0 Å². The summed E-state index contributed by atoms with van der Waals surface area (Å²) in [5.74, 6) is -0.397. The first kappa shape index (κ1) is 22.5. The molecule has 3 aromatic heterocycles. The van der Waals surface area contributed by atoms with Crippen molar-refractivity contribution < 1.29 is 9.59 Å². The molecule has 5 rings (SSSR count). The third-order valence-electron chi connectivity index (χ3n) is 5.63. The van der Waals surface area contributed by atoms with Crippen LogP contribution in [0.15, 0.2) is 73.3 Å². The maximum atomic E-state index is 12.9. The SMILES string of the molecule is Cc1nn(Cc2ccccc2)c2sc(C(=O)Nc3ccc(NC(=O)C(C)n4cncn4)cc3)cc12. The molecule has 1 unspecified atom stereocenters. The standard InChI is InChI=1S/C25H23N7O2S/c1-16-21-12-22(35-25(21)31(30-16)13-18-6-4-3-5-7-18)24(34)29-20-10-8-19(9-11-20)28-23(33)17(2)32-15-26-14-27-32/h3-12,14-15,17H,13H2,1-2H3,(H,28,33)(H,29,34). The van der Waals surface area contributed by atoms with Gasteiger partial charge >= 0.3 is 0 Å². The van der Waals surface area contributed by atoms with Crippen molar-refractivity contribution in [3.05, 3.63) is 89.5 Å². The molecule has 3 heterocycles. The number of rotatable bonds is 7. The monoisotopic (exact) mass is 485 g/mol. The molecule has 1 atom stereocenters. The van der Waals surface area contributed by atoms with Crippen molar-refractivity contribution in [2.75, 3.05) is 10.6 Å². The molecule has 0 bridgehead atoms. The molecule has 0 aliphatic heterocycles. The van der Waals surface area contributed by atoms with Crippen LogP contribution >= 0.6 is 11.3 Å². The number of hydrogen-bond donors (Lipinski definition) is 2. The number of aromatic nitrogens is 5. The summed E-state index contributed by atoms with van der Waals surface area (Å²) in [5.41, 5.74) is 3.31. The summed E-state index contributed by atoms with van der Waals surface area (Å²) in [6, 6.07) is 18.5. The van der Waals surface area contributed by atoms with E-state index in [2.05, 4.69) is 37.9 Å². The minimum Gasteiger partial charge on any atom is -0.324 e. The fourth-order valence-electron chi connectivity index (χ4n) is 3.70. The van der Waals surface area contributed by atoms with E-state index in [0.29, 0.717) is 22.8 Å². The third-order valence-corrected chi connectivity index (χ3v) is 6.78. The number of carbonyl (C=O) groups is 2. The number of anilines is 2. The number of thiophene rings is 1. The topological polar surface area (TPSA) is 107 Å². The lowest BCUT2D eigenvalue weighted by molar-refractivity contribution is -0.119. The van der Waals surface area contributed by atoms with Crippen molar-refractivity contribution in [2.45, 2.75) is 26.4 Å². The van der Waals surface area contributed by atoms with E-state index >= 15 is 0 Å². The van der Waals surface area contributed by atoms with E-state index in [1.165, 1.54) is 28.7 Å². The van der Waals surface area contributed by atoms with Crippen molar-refractivity contribution in [3.8, 4) is 0 Å². The van der Waals surface area contributed by atoms with Crippen LogP contribution in [0.2, 0.25) is 0 Å². The predicted octanol–water partition coefficient (Wildman–Crippen LogP) is 4.50. The fourth-order valence-corrected chi connectivity index (χ4v) is 4.76. The summed E-state index contributed by atoms with van der Waals surface area (Å²) in [7, 11) is 0. The molecule has 2 amide bonds. The second-order valence-electron chi connectivity index (χ2n) is 8.13. The van der Waals surface area contributed by atoms with Crippen molar-refractivity contribution in [2.24, 2.45) is 0 Å². The molecule has 2 aromatic carbocycles. The maximum Gasteiger partial charge on any atom is 0.265 e. The molecule has 176 valence electrons. The molecule has 0 aliphatic carbocycles. The summed E-state index contributed by atoms with van der Waals surface area (Å²) in [4.78, 5) is 30.8. The van der Waals surface area contributed by atoms with Gasteiger partial charge in [0.05, 0.1) is 17.1 Å². The Kier molecular flexibility index (Phi) is 6.11. The Morgan fingerprint density at radius 2 is 1.74 bits per heavy atom. The number of benzene rings is 2. The molecule has 0 aliphatic rings. The molecular formula is C25H23N7O2S. The molecule has 0 fully saturated rings. The van der Waals surface area contributed by atoms with Crippen LogP contribution in [0.4, 0.5) is 11.4 Å². The molecule has 5 aromatic rings. The fraction of sp³-hybridized carbons (Fsp3) is 0.160. The zero-order valence-electron chi connectivity index (χ0n) is 19.2. The molecule has 2 N–H and O–H groups in total. The minimum absolute atomic E-state index is 0.187. The number of fused-ring (bicyclic) bond motifs is 1. The van der Waals surface area contributed by atoms with Crippen LogP contribution in [0.1, 0.15) is 33.9 Å². The Labute approximate surface area is 205 Å². The Morgan fingerprint density at radius 1 is 1.03 bits per heavy atom. The van der Waals surface area contributed by atoms with E-state index < -0.39 is 6.04 Å². The first-order valence-electron chi connectivity index (χ1n) is 11.0. The van der Waals surface area contributed by atoms with E-state index in [4.69, 9.17) is 0 Å². The third kappa shape index (κ3) is 4.82. The minimum atomic E-state index is -0.494. The van der Waals surface area contributed by atoms with Gasteiger partial charge in [0.1, 0.15) is 23.5 Å². The second-order valence-corrected chi connectivity index (χ2v) is 9.16. The van der Waals surface area contributed by atoms with E-state index in [0.717, 1.165) is 21.5 Å².